The molecule has 2 unspecified atom stereocenters. The molecular formula is C49H83O8P. The van der Waals surface area contributed by atoms with Crippen LogP contribution in [0.1, 0.15) is 188 Å². The van der Waals surface area contributed by atoms with E-state index in [0.717, 1.165) is 51.4 Å². The first kappa shape index (κ1) is 55.2. The van der Waals surface area contributed by atoms with Crippen LogP contribution in [0, 0.1) is 0 Å². The molecule has 0 aliphatic carbocycles. The van der Waals surface area contributed by atoms with Crippen LogP contribution in [-0.2, 0) is 32.7 Å². The van der Waals surface area contributed by atoms with Crippen molar-refractivity contribution < 1.29 is 37.6 Å². The molecule has 1 N–H and O–H groups in total. The van der Waals surface area contributed by atoms with E-state index in [1.54, 1.807) is 13.0 Å². The van der Waals surface area contributed by atoms with Gasteiger partial charge in [-0.2, -0.15) is 0 Å². The topological polar surface area (TPSA) is 108 Å². The van der Waals surface area contributed by atoms with E-state index in [2.05, 4.69) is 80.7 Å². The van der Waals surface area contributed by atoms with E-state index in [4.69, 9.17) is 18.5 Å². The monoisotopic (exact) mass is 831 g/mol. The van der Waals surface area contributed by atoms with Gasteiger partial charge in [-0.3, -0.25) is 18.6 Å². The largest absolute Gasteiger partial charge is 0.472 e. The Balaban J connectivity index is 4.11. The summed E-state index contributed by atoms with van der Waals surface area (Å²) in [7, 11) is -4.31. The van der Waals surface area contributed by atoms with Crippen molar-refractivity contribution in [3.63, 3.8) is 0 Å². The van der Waals surface area contributed by atoms with Gasteiger partial charge in [0.05, 0.1) is 19.6 Å². The van der Waals surface area contributed by atoms with Crippen LogP contribution in [0.25, 0.3) is 0 Å². The lowest BCUT2D eigenvalue weighted by Gasteiger charge is -2.19. The fraction of sp³-hybridized carbons (Fsp3) is 0.673. The molecule has 8 nitrogen and oxygen atoms in total. The number of phosphoric ester groups is 1. The lowest BCUT2D eigenvalue weighted by Crippen LogP contribution is -2.29. The van der Waals surface area contributed by atoms with Crippen LogP contribution < -0.4 is 0 Å². The molecule has 0 bridgehead atoms. The molecule has 0 fully saturated rings. The molecule has 0 heterocycles. The number of hydrogen-bond acceptors (Lipinski definition) is 7. The number of phosphoric acid groups is 1. The lowest BCUT2D eigenvalue weighted by molar-refractivity contribution is -0.160. The maximum Gasteiger partial charge on any atom is 0.472 e. The molecule has 0 aliphatic heterocycles. The van der Waals surface area contributed by atoms with E-state index in [9.17, 15) is 19.0 Å². The van der Waals surface area contributed by atoms with E-state index in [0.29, 0.717) is 6.42 Å². The molecule has 0 aromatic carbocycles. The van der Waals surface area contributed by atoms with E-state index in [-0.39, 0.29) is 26.1 Å². The highest BCUT2D eigenvalue weighted by Crippen LogP contribution is 2.43. The Morgan fingerprint density at radius 1 is 0.500 bits per heavy atom. The fourth-order valence-corrected chi connectivity index (χ4v) is 6.67. The average Bonchev–Trinajstić information content (AvgIpc) is 3.20. The zero-order valence-corrected chi connectivity index (χ0v) is 37.8. The van der Waals surface area contributed by atoms with Gasteiger partial charge in [-0.25, -0.2) is 4.57 Å². The summed E-state index contributed by atoms with van der Waals surface area (Å²) in [6.45, 7) is 5.23. The Kier molecular flexibility index (Phi) is 41.7. The molecule has 2 atom stereocenters. The summed E-state index contributed by atoms with van der Waals surface area (Å²) in [5.41, 5.74) is 0. The first-order valence-corrected chi connectivity index (χ1v) is 24.4. The molecule has 0 saturated carbocycles. The average molecular weight is 831 g/mol. The summed E-state index contributed by atoms with van der Waals surface area (Å²) >= 11 is 0. The normalized spacial score (nSPS) is 14.1. The number of esters is 2. The Morgan fingerprint density at radius 3 is 1.41 bits per heavy atom. The van der Waals surface area contributed by atoms with Crippen molar-refractivity contribution in [3.8, 4) is 0 Å². The molecule has 0 spiro atoms. The third kappa shape index (κ3) is 42.8. The van der Waals surface area contributed by atoms with Crippen molar-refractivity contribution >= 4 is 19.8 Å². The number of unbranched alkanes of at least 4 members (excludes halogenated alkanes) is 16. The highest BCUT2D eigenvalue weighted by molar-refractivity contribution is 7.47. The Hall–Kier alpha value is -2.77. The molecule has 0 aromatic rings. The molecular weight excluding hydrogens is 748 g/mol. The molecule has 0 saturated heterocycles. The van der Waals surface area contributed by atoms with E-state index < -0.39 is 32.5 Å². The van der Waals surface area contributed by atoms with Crippen LogP contribution in [0.4, 0.5) is 0 Å². The van der Waals surface area contributed by atoms with Crippen LogP contribution in [0.5, 0.6) is 0 Å². The van der Waals surface area contributed by atoms with Crippen molar-refractivity contribution in [3.05, 3.63) is 85.1 Å². The standard InChI is InChI=1S/C49H83O8P/c1-4-7-9-11-13-15-17-19-21-22-23-24-25-26-27-28-30-31-33-35-37-39-41-43-48(50)54-45-47(46-56-58(52,53)55-6-3)57-49(51)44-42-40-38-36-34-32-29-20-18-16-14-12-10-8-5-2/h8,10,14,16-17,19-20,22-23,29,34,36,40,42,47H,4-7,9,11-13,15,18,21,24-28,30-33,35,37-39,41,43-46H2,1-3H3,(H,52,53)/b10-8-,16-14-,19-17-,23-22-,29-20-,36-34-,42-40-. The van der Waals surface area contributed by atoms with Crippen LogP contribution in [-0.4, -0.2) is 42.8 Å². The zero-order chi connectivity index (χ0) is 42.5. The van der Waals surface area contributed by atoms with Crippen molar-refractivity contribution in [2.45, 2.75) is 194 Å². The van der Waals surface area contributed by atoms with E-state index in [1.165, 1.54) is 96.3 Å². The fourth-order valence-electron chi connectivity index (χ4n) is 5.91. The molecule has 0 amide bonds. The summed E-state index contributed by atoms with van der Waals surface area (Å²) in [5, 5.41) is 0. The summed E-state index contributed by atoms with van der Waals surface area (Å²) in [6, 6.07) is 0. The van der Waals surface area contributed by atoms with Gasteiger partial charge in [-0.05, 0) is 77.6 Å². The zero-order valence-electron chi connectivity index (χ0n) is 36.9. The molecule has 0 rings (SSSR count). The second-order valence-corrected chi connectivity index (χ2v) is 16.2. The second kappa shape index (κ2) is 43.8. The van der Waals surface area contributed by atoms with Gasteiger partial charge >= 0.3 is 19.8 Å². The second-order valence-electron chi connectivity index (χ2n) is 14.7. The maximum absolute atomic E-state index is 12.5. The van der Waals surface area contributed by atoms with Crippen LogP contribution in [0.15, 0.2) is 85.1 Å². The molecule has 58 heavy (non-hydrogen) atoms. The van der Waals surface area contributed by atoms with E-state index >= 15 is 0 Å². The number of ether oxygens (including phenoxy) is 2. The highest BCUT2D eigenvalue weighted by Gasteiger charge is 2.25. The minimum absolute atomic E-state index is 0.00978. The van der Waals surface area contributed by atoms with Gasteiger partial charge < -0.3 is 14.4 Å². The Morgan fingerprint density at radius 2 is 0.931 bits per heavy atom. The molecule has 9 heteroatoms. The van der Waals surface area contributed by atoms with Crippen molar-refractivity contribution in [1.82, 2.24) is 0 Å². The molecule has 0 aromatic heterocycles. The summed E-state index contributed by atoms with van der Waals surface area (Å²) in [5.74, 6) is -0.952. The maximum atomic E-state index is 12.5. The van der Waals surface area contributed by atoms with Gasteiger partial charge in [0.25, 0.3) is 0 Å². The SMILES string of the molecule is CC/C=C\C/C=C\C/C=C\C/C=C\C/C=C\CC(=O)OC(COC(=O)CCCCCCCCCCCCC/C=C\C/C=C\CCCCCCC)COP(=O)(O)OCC. The Labute approximate surface area is 355 Å². The van der Waals surface area contributed by atoms with Crippen LogP contribution in [0.2, 0.25) is 0 Å². The van der Waals surface area contributed by atoms with Crippen molar-refractivity contribution in [2.24, 2.45) is 0 Å². The summed E-state index contributed by atoms with van der Waals surface area (Å²) < 4.78 is 32.5. The third-order valence-corrected chi connectivity index (χ3v) is 10.3. The highest BCUT2D eigenvalue weighted by atomic mass is 31.2. The quantitative estimate of drug-likeness (QED) is 0.0281. The number of hydrogen-bond donors (Lipinski definition) is 1. The first-order valence-electron chi connectivity index (χ1n) is 22.9. The molecule has 332 valence electrons. The number of carbonyl (C=O) groups excluding carboxylic acids is 2. The van der Waals surface area contributed by atoms with Gasteiger partial charge in [0.1, 0.15) is 6.61 Å². The molecule has 0 aliphatic rings. The molecule has 0 radical (unpaired) electrons. The minimum Gasteiger partial charge on any atom is -0.462 e. The van der Waals surface area contributed by atoms with Crippen molar-refractivity contribution in [1.29, 1.82) is 0 Å². The van der Waals surface area contributed by atoms with E-state index in [1.807, 2.05) is 12.2 Å². The summed E-state index contributed by atoms with van der Waals surface area (Å²) in [4.78, 5) is 34.7. The van der Waals surface area contributed by atoms with Gasteiger partial charge in [0.15, 0.2) is 6.10 Å². The number of carbonyl (C=O) groups is 2. The smallest absolute Gasteiger partial charge is 0.462 e. The van der Waals surface area contributed by atoms with Crippen LogP contribution in [0.3, 0.4) is 0 Å². The third-order valence-electron chi connectivity index (χ3n) is 9.22. The summed E-state index contributed by atoms with van der Waals surface area (Å²) in [6.07, 6.45) is 56.8. The first-order chi connectivity index (χ1) is 28.3. The Bertz CT molecular complexity index is 1210. The predicted octanol–water partition coefficient (Wildman–Crippen LogP) is 14.7. The number of allylic oxidation sites excluding steroid dienone is 13. The van der Waals surface area contributed by atoms with Gasteiger partial charge in [-0.15, -0.1) is 0 Å². The predicted molar refractivity (Wildman–Crippen MR) is 244 cm³/mol. The number of rotatable bonds is 41. The van der Waals surface area contributed by atoms with Gasteiger partial charge in [-0.1, -0.05) is 182 Å². The van der Waals surface area contributed by atoms with Gasteiger partial charge in [0, 0.05) is 6.42 Å². The van der Waals surface area contributed by atoms with Crippen LogP contribution >= 0.6 is 7.82 Å². The minimum atomic E-state index is -4.31. The van der Waals surface area contributed by atoms with Gasteiger partial charge in [0.2, 0.25) is 0 Å². The van der Waals surface area contributed by atoms with Crippen molar-refractivity contribution in [2.75, 3.05) is 19.8 Å². The lowest BCUT2D eigenvalue weighted by atomic mass is 10.0.